The highest BCUT2D eigenvalue weighted by Crippen LogP contribution is 2.30. The maximum Gasteiger partial charge on any atom is 0.296 e. The summed E-state index contributed by atoms with van der Waals surface area (Å²) in [6, 6.07) is 4.12. The maximum absolute atomic E-state index is 12.2. The van der Waals surface area contributed by atoms with Gasteiger partial charge in [-0.15, -0.1) is 0 Å². The number of rotatable bonds is 5. The normalized spacial score (nSPS) is 18.5. The third-order valence-electron chi connectivity index (χ3n) is 3.26. The van der Waals surface area contributed by atoms with Gasteiger partial charge in [-0.05, 0) is 32.9 Å². The van der Waals surface area contributed by atoms with E-state index in [1.165, 1.54) is 37.1 Å². The van der Waals surface area contributed by atoms with Crippen molar-refractivity contribution < 1.29 is 19.2 Å². The fourth-order valence-electron chi connectivity index (χ4n) is 2.16. The Bertz CT molecular complexity index is 772. The minimum atomic E-state index is -0.631. The summed E-state index contributed by atoms with van der Waals surface area (Å²) in [5, 5.41) is 16.1. The minimum Gasteiger partial charge on any atom is -0.496 e. The van der Waals surface area contributed by atoms with Gasteiger partial charge in [0.25, 0.3) is 5.69 Å². The van der Waals surface area contributed by atoms with E-state index < -0.39 is 16.1 Å². The molecular weight excluding hydrogens is 360 g/mol. The SMILES string of the molecule is COc1ccc(NC(=O)C[C@H]2SC(=NC(C)(C)C)NC2=O)c([N+](=O)[O-])c1. The highest BCUT2D eigenvalue weighted by Gasteiger charge is 2.33. The number of thioether (sulfide) groups is 1. The van der Waals surface area contributed by atoms with Crippen LogP contribution < -0.4 is 15.4 Å². The molecule has 1 aliphatic heterocycles. The Morgan fingerprint density at radius 3 is 2.73 bits per heavy atom. The maximum atomic E-state index is 12.2. The predicted molar refractivity (Wildman–Crippen MR) is 99.6 cm³/mol. The molecule has 2 N–H and O–H groups in total. The Labute approximate surface area is 154 Å². The van der Waals surface area contributed by atoms with Gasteiger partial charge >= 0.3 is 0 Å². The number of hydrogen-bond acceptors (Lipinski definition) is 7. The van der Waals surface area contributed by atoms with Gasteiger partial charge in [0.15, 0.2) is 5.17 Å². The Morgan fingerprint density at radius 1 is 1.46 bits per heavy atom. The monoisotopic (exact) mass is 380 g/mol. The second kappa shape index (κ2) is 7.73. The van der Waals surface area contributed by atoms with Gasteiger partial charge in [-0.3, -0.25) is 24.7 Å². The number of methoxy groups -OCH3 is 1. The number of nitrogens with one attached hydrogen (secondary N) is 2. The molecule has 0 saturated carbocycles. The van der Waals surface area contributed by atoms with Crippen LogP contribution >= 0.6 is 11.8 Å². The van der Waals surface area contributed by atoms with E-state index in [4.69, 9.17) is 4.74 Å². The summed E-state index contributed by atoms with van der Waals surface area (Å²) in [5.41, 5.74) is -0.583. The molecule has 1 atom stereocenters. The second-order valence-corrected chi connectivity index (χ2v) is 7.77. The van der Waals surface area contributed by atoms with E-state index >= 15 is 0 Å². The smallest absolute Gasteiger partial charge is 0.296 e. The van der Waals surface area contributed by atoms with Crippen molar-refractivity contribution in [3.8, 4) is 5.75 Å². The van der Waals surface area contributed by atoms with Crippen LogP contribution in [0.15, 0.2) is 23.2 Å². The average molecular weight is 380 g/mol. The molecule has 1 fully saturated rings. The number of nitro benzene ring substituents is 1. The zero-order valence-corrected chi connectivity index (χ0v) is 15.7. The van der Waals surface area contributed by atoms with Crippen molar-refractivity contribution in [2.45, 2.75) is 38.0 Å². The Morgan fingerprint density at radius 2 is 2.15 bits per heavy atom. The summed E-state index contributed by atoms with van der Waals surface area (Å²) in [5.74, 6) is -0.497. The number of carbonyl (C=O) groups excluding carboxylic acids is 2. The number of amides is 2. The Kier molecular flexibility index (Phi) is 5.86. The van der Waals surface area contributed by atoms with Crippen LogP contribution in [0.4, 0.5) is 11.4 Å². The summed E-state index contributed by atoms with van der Waals surface area (Å²) in [4.78, 5) is 39.2. The van der Waals surface area contributed by atoms with Crippen molar-refractivity contribution in [3.05, 3.63) is 28.3 Å². The van der Waals surface area contributed by atoms with Gasteiger partial charge in [-0.1, -0.05) is 11.8 Å². The van der Waals surface area contributed by atoms with Crippen LogP contribution in [0.5, 0.6) is 5.75 Å². The molecule has 1 heterocycles. The van der Waals surface area contributed by atoms with E-state index in [9.17, 15) is 19.7 Å². The van der Waals surface area contributed by atoms with Crippen LogP contribution in [0.1, 0.15) is 27.2 Å². The first-order valence-electron chi connectivity index (χ1n) is 7.78. The Hall–Kier alpha value is -2.62. The first-order chi connectivity index (χ1) is 12.1. The lowest BCUT2D eigenvalue weighted by molar-refractivity contribution is -0.384. The van der Waals surface area contributed by atoms with E-state index in [1.807, 2.05) is 20.8 Å². The number of anilines is 1. The van der Waals surface area contributed by atoms with E-state index in [-0.39, 0.29) is 29.2 Å². The van der Waals surface area contributed by atoms with Gasteiger partial charge in [-0.2, -0.15) is 0 Å². The fraction of sp³-hybridized carbons (Fsp3) is 0.438. The van der Waals surface area contributed by atoms with Gasteiger partial charge in [0.2, 0.25) is 11.8 Å². The van der Waals surface area contributed by atoms with Crippen molar-refractivity contribution in [2.75, 3.05) is 12.4 Å². The number of ether oxygens (including phenoxy) is 1. The van der Waals surface area contributed by atoms with E-state index in [1.54, 1.807) is 0 Å². The molecule has 0 unspecified atom stereocenters. The lowest BCUT2D eigenvalue weighted by atomic mass is 10.1. The number of amidine groups is 1. The molecule has 0 radical (unpaired) electrons. The highest BCUT2D eigenvalue weighted by molar-refractivity contribution is 8.15. The quantitative estimate of drug-likeness (QED) is 0.597. The van der Waals surface area contributed by atoms with Crippen molar-refractivity contribution in [1.82, 2.24) is 5.32 Å². The lowest BCUT2D eigenvalue weighted by Crippen LogP contribution is -2.29. The zero-order valence-electron chi connectivity index (χ0n) is 14.9. The summed E-state index contributed by atoms with van der Waals surface area (Å²) < 4.78 is 4.95. The van der Waals surface area contributed by atoms with Gasteiger partial charge in [0.1, 0.15) is 16.7 Å². The predicted octanol–water partition coefficient (Wildman–Crippen LogP) is 2.32. The van der Waals surface area contributed by atoms with Crippen LogP contribution in [0.25, 0.3) is 0 Å². The number of hydrogen-bond donors (Lipinski definition) is 2. The molecule has 0 aromatic heterocycles. The number of nitrogens with zero attached hydrogens (tertiary/aromatic N) is 2. The molecule has 2 amide bonds. The topological polar surface area (TPSA) is 123 Å². The third-order valence-corrected chi connectivity index (χ3v) is 4.34. The first kappa shape index (κ1) is 19.7. The molecule has 10 heteroatoms. The highest BCUT2D eigenvalue weighted by atomic mass is 32.2. The fourth-order valence-corrected chi connectivity index (χ4v) is 3.32. The molecule has 0 spiro atoms. The van der Waals surface area contributed by atoms with Crippen LogP contribution in [-0.2, 0) is 9.59 Å². The van der Waals surface area contributed by atoms with Crippen molar-refractivity contribution in [3.63, 3.8) is 0 Å². The molecule has 26 heavy (non-hydrogen) atoms. The molecule has 2 rings (SSSR count). The molecule has 1 aromatic carbocycles. The zero-order chi connectivity index (χ0) is 19.5. The molecular formula is C16H20N4O5S. The summed E-state index contributed by atoms with van der Waals surface area (Å²) in [7, 11) is 1.39. The number of carbonyl (C=O) groups is 2. The minimum absolute atomic E-state index is 0.0489. The molecule has 9 nitrogen and oxygen atoms in total. The summed E-state index contributed by atoms with van der Waals surface area (Å²) >= 11 is 1.18. The van der Waals surface area contributed by atoms with E-state index in [2.05, 4.69) is 15.6 Å². The van der Waals surface area contributed by atoms with Gasteiger partial charge in [-0.25, -0.2) is 0 Å². The van der Waals surface area contributed by atoms with Crippen LogP contribution in [0, 0.1) is 10.1 Å². The van der Waals surface area contributed by atoms with Crippen LogP contribution in [0.3, 0.4) is 0 Å². The lowest BCUT2D eigenvalue weighted by Gasteiger charge is -2.12. The summed E-state index contributed by atoms with van der Waals surface area (Å²) in [6.07, 6.45) is -0.122. The van der Waals surface area contributed by atoms with E-state index in [0.29, 0.717) is 10.9 Å². The molecule has 0 bridgehead atoms. The number of aliphatic imine (C=N–C) groups is 1. The van der Waals surface area contributed by atoms with Crippen molar-refractivity contribution >= 4 is 40.1 Å². The van der Waals surface area contributed by atoms with Gasteiger partial charge < -0.3 is 15.4 Å². The number of nitro groups is 1. The van der Waals surface area contributed by atoms with Gasteiger partial charge in [0.05, 0.1) is 23.6 Å². The largest absolute Gasteiger partial charge is 0.496 e. The molecule has 0 aliphatic carbocycles. The van der Waals surface area contributed by atoms with Crippen molar-refractivity contribution in [1.29, 1.82) is 0 Å². The van der Waals surface area contributed by atoms with Crippen LogP contribution in [0.2, 0.25) is 0 Å². The average Bonchev–Trinajstić information content (AvgIpc) is 2.84. The second-order valence-electron chi connectivity index (χ2n) is 6.58. The third kappa shape index (κ3) is 5.19. The molecule has 140 valence electrons. The van der Waals surface area contributed by atoms with Crippen LogP contribution in [-0.4, -0.2) is 39.8 Å². The number of benzene rings is 1. The first-order valence-corrected chi connectivity index (χ1v) is 8.66. The van der Waals surface area contributed by atoms with E-state index in [0.717, 1.165) is 0 Å². The van der Waals surface area contributed by atoms with Gasteiger partial charge in [0, 0.05) is 6.42 Å². The standard InChI is InChI=1S/C16H20N4O5S/c1-16(2,3)19-15-18-14(22)12(26-15)8-13(21)17-10-6-5-9(25-4)7-11(10)20(23)24/h5-7,12H,8H2,1-4H3,(H,17,21)(H,18,19,22)/t12-/m1/s1. The molecule has 1 aromatic rings. The van der Waals surface area contributed by atoms with Crippen molar-refractivity contribution in [2.24, 2.45) is 4.99 Å². The Balaban J connectivity index is 2.07. The summed E-state index contributed by atoms with van der Waals surface area (Å²) in [6.45, 7) is 5.70. The molecule has 1 saturated heterocycles. The molecule has 1 aliphatic rings.